The number of aliphatic hydroxyl groups is 1. The first-order valence-corrected chi connectivity index (χ1v) is 11.3. The highest BCUT2D eigenvalue weighted by atomic mass is 127. The van der Waals surface area contributed by atoms with E-state index in [0.717, 1.165) is 62.5 Å². The van der Waals surface area contributed by atoms with Gasteiger partial charge in [0.15, 0.2) is 5.96 Å². The molecule has 1 aromatic carbocycles. The summed E-state index contributed by atoms with van der Waals surface area (Å²) in [4.78, 5) is 9.47. The van der Waals surface area contributed by atoms with Gasteiger partial charge in [0.05, 0.1) is 5.69 Å². The van der Waals surface area contributed by atoms with E-state index in [1.54, 1.807) is 6.26 Å². The molecule has 0 radical (unpaired) electrons. The Labute approximate surface area is 203 Å². The van der Waals surface area contributed by atoms with Gasteiger partial charge in [0.25, 0.3) is 0 Å². The van der Waals surface area contributed by atoms with Crippen LogP contribution in [0.25, 0.3) is 11.5 Å². The third-order valence-corrected chi connectivity index (χ3v) is 6.00. The van der Waals surface area contributed by atoms with Gasteiger partial charge in [-0.15, -0.1) is 24.0 Å². The van der Waals surface area contributed by atoms with E-state index in [1.807, 2.05) is 12.1 Å². The van der Waals surface area contributed by atoms with Crippen molar-refractivity contribution in [2.24, 2.45) is 10.4 Å². The van der Waals surface area contributed by atoms with Crippen molar-refractivity contribution in [2.45, 2.75) is 58.8 Å². The van der Waals surface area contributed by atoms with Crippen LogP contribution in [0.1, 0.15) is 56.7 Å². The fourth-order valence-corrected chi connectivity index (χ4v) is 4.17. The third kappa shape index (κ3) is 7.79. The summed E-state index contributed by atoms with van der Waals surface area (Å²) in [5, 5.41) is 16.3. The standard InChI is InChI=1S/C24H36N4O2.HI/c1-3-25-23(27-18-24(14-16-29)12-5-4-6-13-24)26-15-11-21-17-30-22(28-21)20-9-7-19(2)8-10-20;/h7-10,17,29H,3-6,11-16,18H2,1-2H3,(H2,25,26,27);1H. The Morgan fingerprint density at radius 3 is 2.58 bits per heavy atom. The molecule has 0 aliphatic heterocycles. The average molecular weight is 540 g/mol. The summed E-state index contributed by atoms with van der Waals surface area (Å²) >= 11 is 0. The number of hydrogen-bond acceptors (Lipinski definition) is 4. The molecule has 0 atom stereocenters. The Morgan fingerprint density at radius 2 is 1.90 bits per heavy atom. The molecule has 3 rings (SSSR count). The van der Waals surface area contributed by atoms with E-state index in [4.69, 9.17) is 9.41 Å². The number of aryl methyl sites for hydroxylation is 1. The van der Waals surface area contributed by atoms with Crippen LogP contribution in [0.15, 0.2) is 39.9 Å². The van der Waals surface area contributed by atoms with Crippen molar-refractivity contribution in [3.05, 3.63) is 41.8 Å². The smallest absolute Gasteiger partial charge is 0.226 e. The first-order chi connectivity index (χ1) is 14.6. The lowest BCUT2D eigenvalue weighted by molar-refractivity contribution is 0.137. The largest absolute Gasteiger partial charge is 0.444 e. The van der Waals surface area contributed by atoms with E-state index in [2.05, 4.69) is 41.6 Å². The van der Waals surface area contributed by atoms with Crippen LogP contribution in [0.2, 0.25) is 0 Å². The van der Waals surface area contributed by atoms with E-state index in [9.17, 15) is 5.11 Å². The predicted octanol–water partition coefficient (Wildman–Crippen LogP) is 4.70. The number of guanidine groups is 1. The quantitative estimate of drug-likeness (QED) is 0.244. The number of aliphatic imine (C=N–C) groups is 1. The Hall–Kier alpha value is -1.61. The summed E-state index contributed by atoms with van der Waals surface area (Å²) in [5.41, 5.74) is 3.30. The predicted molar refractivity (Wildman–Crippen MR) is 137 cm³/mol. The Balaban J connectivity index is 0.00000341. The van der Waals surface area contributed by atoms with E-state index in [-0.39, 0.29) is 36.0 Å². The zero-order valence-electron chi connectivity index (χ0n) is 18.8. The summed E-state index contributed by atoms with van der Waals surface area (Å²) in [5.74, 6) is 1.50. The molecule has 7 heteroatoms. The number of oxazole rings is 1. The Bertz CT molecular complexity index is 793. The van der Waals surface area contributed by atoms with E-state index in [1.165, 1.54) is 24.8 Å². The van der Waals surface area contributed by atoms with Crippen molar-refractivity contribution in [3.8, 4) is 11.5 Å². The van der Waals surface area contributed by atoms with Crippen LogP contribution in [0.4, 0.5) is 0 Å². The van der Waals surface area contributed by atoms with Gasteiger partial charge < -0.3 is 20.2 Å². The lowest BCUT2D eigenvalue weighted by atomic mass is 9.72. The highest BCUT2D eigenvalue weighted by Gasteiger charge is 2.31. The topological polar surface area (TPSA) is 82.7 Å². The van der Waals surface area contributed by atoms with Gasteiger partial charge in [-0.25, -0.2) is 4.98 Å². The van der Waals surface area contributed by atoms with Gasteiger partial charge in [-0.3, -0.25) is 4.99 Å². The van der Waals surface area contributed by atoms with Crippen LogP contribution < -0.4 is 10.6 Å². The van der Waals surface area contributed by atoms with E-state index in [0.29, 0.717) is 5.89 Å². The van der Waals surface area contributed by atoms with Crippen LogP contribution >= 0.6 is 24.0 Å². The van der Waals surface area contributed by atoms with Crippen LogP contribution in [0.3, 0.4) is 0 Å². The minimum atomic E-state index is 0. The molecule has 0 unspecified atom stereocenters. The molecule has 3 N–H and O–H groups in total. The number of nitrogens with zero attached hydrogens (tertiary/aromatic N) is 2. The fraction of sp³-hybridized carbons (Fsp3) is 0.583. The number of nitrogens with one attached hydrogen (secondary N) is 2. The van der Waals surface area contributed by atoms with Gasteiger partial charge in [0, 0.05) is 38.2 Å². The van der Waals surface area contributed by atoms with Crippen molar-refractivity contribution in [2.75, 3.05) is 26.2 Å². The van der Waals surface area contributed by atoms with E-state index >= 15 is 0 Å². The summed E-state index contributed by atoms with van der Waals surface area (Å²) in [6.07, 6.45) is 9.47. The summed E-state index contributed by atoms with van der Waals surface area (Å²) in [6, 6.07) is 8.20. The normalized spacial score (nSPS) is 15.9. The molecule has 2 aromatic rings. The van der Waals surface area contributed by atoms with Gasteiger partial charge in [0.2, 0.25) is 5.89 Å². The fourth-order valence-electron chi connectivity index (χ4n) is 4.17. The molecule has 0 bridgehead atoms. The monoisotopic (exact) mass is 540 g/mol. The van der Waals surface area contributed by atoms with Gasteiger partial charge in [-0.1, -0.05) is 37.0 Å². The van der Waals surface area contributed by atoms with Crippen molar-refractivity contribution in [3.63, 3.8) is 0 Å². The molecule has 1 heterocycles. The van der Waals surface area contributed by atoms with E-state index < -0.39 is 0 Å². The minimum Gasteiger partial charge on any atom is -0.444 e. The second-order valence-electron chi connectivity index (χ2n) is 8.42. The van der Waals surface area contributed by atoms with Crippen LogP contribution in [0.5, 0.6) is 0 Å². The second kappa shape index (κ2) is 13.1. The SMILES string of the molecule is CCNC(=NCC1(CCO)CCCCC1)NCCc1coc(-c2ccc(C)cc2)n1.I. The molecule has 1 saturated carbocycles. The molecule has 1 aliphatic carbocycles. The number of hydrogen-bond donors (Lipinski definition) is 3. The zero-order valence-corrected chi connectivity index (χ0v) is 21.2. The van der Waals surface area contributed by atoms with Crippen molar-refractivity contribution >= 4 is 29.9 Å². The molecule has 0 saturated heterocycles. The van der Waals surface area contributed by atoms with Gasteiger partial charge in [-0.05, 0) is 50.7 Å². The Morgan fingerprint density at radius 1 is 1.16 bits per heavy atom. The van der Waals surface area contributed by atoms with Gasteiger partial charge in [0.1, 0.15) is 6.26 Å². The molecular weight excluding hydrogens is 503 g/mol. The van der Waals surface area contributed by atoms with Crippen LogP contribution in [0, 0.1) is 12.3 Å². The molecule has 31 heavy (non-hydrogen) atoms. The maximum Gasteiger partial charge on any atom is 0.226 e. The number of halogens is 1. The molecular formula is C24H37IN4O2. The molecule has 172 valence electrons. The average Bonchev–Trinajstić information content (AvgIpc) is 3.22. The minimum absolute atomic E-state index is 0. The molecule has 1 fully saturated rings. The zero-order chi connectivity index (χ0) is 21.2. The van der Waals surface area contributed by atoms with Gasteiger partial charge >= 0.3 is 0 Å². The molecule has 0 amide bonds. The first kappa shape index (κ1) is 25.6. The van der Waals surface area contributed by atoms with Crippen molar-refractivity contribution in [1.82, 2.24) is 15.6 Å². The lowest BCUT2D eigenvalue weighted by Crippen LogP contribution is -2.40. The molecule has 1 aromatic heterocycles. The highest BCUT2D eigenvalue weighted by Crippen LogP contribution is 2.39. The molecule has 0 spiro atoms. The summed E-state index contributed by atoms with van der Waals surface area (Å²) in [7, 11) is 0. The number of aromatic nitrogens is 1. The highest BCUT2D eigenvalue weighted by molar-refractivity contribution is 14.0. The number of benzene rings is 1. The van der Waals surface area contributed by atoms with Crippen molar-refractivity contribution < 1.29 is 9.52 Å². The second-order valence-corrected chi connectivity index (χ2v) is 8.42. The summed E-state index contributed by atoms with van der Waals surface area (Å²) in [6.45, 7) is 6.71. The lowest BCUT2D eigenvalue weighted by Gasteiger charge is -2.35. The maximum absolute atomic E-state index is 9.52. The number of aliphatic hydroxyl groups excluding tert-OH is 1. The van der Waals surface area contributed by atoms with Gasteiger partial charge in [-0.2, -0.15) is 0 Å². The summed E-state index contributed by atoms with van der Waals surface area (Å²) < 4.78 is 5.65. The first-order valence-electron chi connectivity index (χ1n) is 11.3. The third-order valence-electron chi connectivity index (χ3n) is 6.00. The Kier molecular flexibility index (Phi) is 10.8. The molecule has 1 aliphatic rings. The van der Waals surface area contributed by atoms with Crippen LogP contribution in [-0.2, 0) is 6.42 Å². The van der Waals surface area contributed by atoms with Crippen molar-refractivity contribution in [1.29, 1.82) is 0 Å². The number of rotatable bonds is 9. The maximum atomic E-state index is 9.52. The molecule has 6 nitrogen and oxygen atoms in total. The van der Waals surface area contributed by atoms with Crippen LogP contribution in [-0.4, -0.2) is 42.3 Å².